The maximum absolute atomic E-state index is 12.4. The second-order valence-corrected chi connectivity index (χ2v) is 5.44. The van der Waals surface area contributed by atoms with Crippen molar-refractivity contribution in [2.45, 2.75) is 27.2 Å². The molecule has 98 valence electrons. The quantitative estimate of drug-likeness (QED) is 0.741. The van der Waals surface area contributed by atoms with E-state index >= 15 is 0 Å². The van der Waals surface area contributed by atoms with Crippen molar-refractivity contribution >= 4 is 17.4 Å². The van der Waals surface area contributed by atoms with Crippen molar-refractivity contribution < 1.29 is 4.79 Å². The van der Waals surface area contributed by atoms with Crippen LogP contribution in [0.3, 0.4) is 0 Å². The summed E-state index contributed by atoms with van der Waals surface area (Å²) in [6, 6.07) is 11.6. The molecule has 0 bridgehead atoms. The Morgan fingerprint density at radius 1 is 1.05 bits per heavy atom. The smallest absolute Gasteiger partial charge is 0.167 e. The predicted molar refractivity (Wildman–Crippen MR) is 80.1 cm³/mol. The van der Waals surface area contributed by atoms with Crippen LogP contribution in [0.2, 0.25) is 5.02 Å². The molecule has 19 heavy (non-hydrogen) atoms. The molecular formula is C17H17ClO. The van der Waals surface area contributed by atoms with E-state index in [0.29, 0.717) is 11.4 Å². The predicted octanol–water partition coefficient (Wildman–Crippen LogP) is 4.69. The first-order chi connectivity index (χ1) is 8.97. The van der Waals surface area contributed by atoms with Gasteiger partial charge >= 0.3 is 0 Å². The molecule has 0 saturated heterocycles. The topological polar surface area (TPSA) is 17.1 Å². The van der Waals surface area contributed by atoms with Crippen LogP contribution >= 0.6 is 11.6 Å². The number of Topliss-reactive ketones (excluding diaryl/α,β-unsaturated/α-hetero) is 1. The minimum Gasteiger partial charge on any atom is -0.294 e. The van der Waals surface area contributed by atoms with E-state index < -0.39 is 0 Å². The number of hydrogen-bond acceptors (Lipinski definition) is 1. The van der Waals surface area contributed by atoms with Crippen molar-refractivity contribution in [3.8, 4) is 0 Å². The molecule has 0 amide bonds. The third-order valence-electron chi connectivity index (χ3n) is 3.21. The number of carbonyl (C=O) groups is 1. The number of ketones is 1. The summed E-state index contributed by atoms with van der Waals surface area (Å²) in [6.07, 6.45) is 0.394. The van der Waals surface area contributed by atoms with E-state index in [1.54, 1.807) is 0 Å². The molecular weight excluding hydrogens is 256 g/mol. The van der Waals surface area contributed by atoms with E-state index in [1.165, 1.54) is 5.56 Å². The maximum atomic E-state index is 12.4. The van der Waals surface area contributed by atoms with Crippen molar-refractivity contribution in [2.24, 2.45) is 0 Å². The fraction of sp³-hybridized carbons (Fsp3) is 0.235. The lowest BCUT2D eigenvalue weighted by molar-refractivity contribution is 0.0992. The van der Waals surface area contributed by atoms with Gasteiger partial charge in [-0.05, 0) is 49.6 Å². The summed E-state index contributed by atoms with van der Waals surface area (Å²) in [5.41, 5.74) is 5.07. The summed E-state index contributed by atoms with van der Waals surface area (Å²) in [5.74, 6) is 0.150. The van der Waals surface area contributed by atoms with Crippen molar-refractivity contribution in [3.05, 3.63) is 69.2 Å². The number of rotatable bonds is 3. The van der Waals surface area contributed by atoms with Gasteiger partial charge in [-0.15, -0.1) is 0 Å². The van der Waals surface area contributed by atoms with Gasteiger partial charge in [0.1, 0.15) is 0 Å². The zero-order valence-corrected chi connectivity index (χ0v) is 12.2. The molecule has 0 saturated carbocycles. The van der Waals surface area contributed by atoms with Crippen molar-refractivity contribution in [2.75, 3.05) is 0 Å². The SMILES string of the molecule is Cc1cc(C)c(C(=O)Cc2cccc(Cl)c2)c(C)c1. The summed E-state index contributed by atoms with van der Waals surface area (Å²) >= 11 is 5.95. The normalized spacial score (nSPS) is 10.5. The molecule has 2 aromatic carbocycles. The molecule has 0 aliphatic heterocycles. The third kappa shape index (κ3) is 3.24. The van der Waals surface area contributed by atoms with Crippen LogP contribution < -0.4 is 0 Å². The van der Waals surface area contributed by atoms with Crippen LogP contribution in [0, 0.1) is 20.8 Å². The Kier molecular flexibility index (Phi) is 4.06. The van der Waals surface area contributed by atoms with Gasteiger partial charge in [-0.2, -0.15) is 0 Å². The van der Waals surface area contributed by atoms with Gasteiger partial charge in [0, 0.05) is 17.0 Å². The summed E-state index contributed by atoms with van der Waals surface area (Å²) in [7, 11) is 0. The van der Waals surface area contributed by atoms with Gasteiger partial charge in [-0.3, -0.25) is 4.79 Å². The molecule has 0 unspecified atom stereocenters. The van der Waals surface area contributed by atoms with Gasteiger partial charge < -0.3 is 0 Å². The third-order valence-corrected chi connectivity index (χ3v) is 3.44. The van der Waals surface area contributed by atoms with Crippen molar-refractivity contribution in [1.82, 2.24) is 0 Å². The van der Waals surface area contributed by atoms with Gasteiger partial charge in [0.05, 0.1) is 0 Å². The molecule has 0 aromatic heterocycles. The summed E-state index contributed by atoms with van der Waals surface area (Å²) in [5, 5.41) is 0.669. The van der Waals surface area contributed by atoms with Gasteiger partial charge in [0.25, 0.3) is 0 Å². The van der Waals surface area contributed by atoms with Crippen molar-refractivity contribution in [3.63, 3.8) is 0 Å². The van der Waals surface area contributed by atoms with Crippen LogP contribution in [0.15, 0.2) is 36.4 Å². The maximum Gasteiger partial charge on any atom is 0.167 e. The highest BCUT2D eigenvalue weighted by Gasteiger charge is 2.13. The van der Waals surface area contributed by atoms with E-state index in [4.69, 9.17) is 11.6 Å². The first-order valence-electron chi connectivity index (χ1n) is 6.33. The molecule has 0 aliphatic carbocycles. The Bertz CT molecular complexity index is 606. The van der Waals surface area contributed by atoms with Crippen LogP contribution in [0.1, 0.15) is 32.6 Å². The first-order valence-corrected chi connectivity index (χ1v) is 6.70. The van der Waals surface area contributed by atoms with Gasteiger partial charge in [-0.1, -0.05) is 41.4 Å². The average Bonchev–Trinajstić information content (AvgIpc) is 2.27. The highest BCUT2D eigenvalue weighted by Crippen LogP contribution is 2.19. The number of halogens is 1. The van der Waals surface area contributed by atoms with E-state index in [-0.39, 0.29) is 5.78 Å². The lowest BCUT2D eigenvalue weighted by atomic mass is 9.93. The second-order valence-electron chi connectivity index (χ2n) is 5.00. The molecule has 0 spiro atoms. The Morgan fingerprint density at radius 2 is 1.68 bits per heavy atom. The molecule has 2 rings (SSSR count). The molecule has 1 nitrogen and oxygen atoms in total. The Hall–Kier alpha value is -1.60. The standard InChI is InChI=1S/C17H17ClO/c1-11-7-12(2)17(13(3)8-11)16(19)10-14-5-4-6-15(18)9-14/h4-9H,10H2,1-3H3. The van der Waals surface area contributed by atoms with Gasteiger partial charge in [0.2, 0.25) is 0 Å². The lowest BCUT2D eigenvalue weighted by Gasteiger charge is -2.10. The summed E-state index contributed by atoms with van der Waals surface area (Å²) in [4.78, 5) is 12.4. The fourth-order valence-corrected chi connectivity index (χ4v) is 2.75. The van der Waals surface area contributed by atoms with Crippen LogP contribution in [-0.4, -0.2) is 5.78 Å². The molecule has 0 heterocycles. The Morgan fingerprint density at radius 3 is 2.26 bits per heavy atom. The molecule has 0 atom stereocenters. The second kappa shape index (κ2) is 5.58. The van der Waals surface area contributed by atoms with E-state index in [9.17, 15) is 4.79 Å². The molecule has 0 aliphatic rings. The number of benzene rings is 2. The van der Waals surface area contributed by atoms with E-state index in [1.807, 2.05) is 45.0 Å². The number of aryl methyl sites for hydroxylation is 3. The van der Waals surface area contributed by atoms with E-state index in [2.05, 4.69) is 12.1 Å². The lowest BCUT2D eigenvalue weighted by Crippen LogP contribution is -2.08. The monoisotopic (exact) mass is 272 g/mol. The molecule has 2 aromatic rings. The molecule has 2 heteroatoms. The largest absolute Gasteiger partial charge is 0.294 e. The highest BCUT2D eigenvalue weighted by molar-refractivity contribution is 6.30. The van der Waals surface area contributed by atoms with Crippen LogP contribution in [0.4, 0.5) is 0 Å². The number of hydrogen-bond donors (Lipinski definition) is 0. The first kappa shape index (κ1) is 13.8. The highest BCUT2D eigenvalue weighted by atomic mass is 35.5. The fourth-order valence-electron chi connectivity index (χ4n) is 2.54. The van der Waals surface area contributed by atoms with Crippen LogP contribution in [0.5, 0.6) is 0 Å². The minimum absolute atomic E-state index is 0.150. The summed E-state index contributed by atoms with van der Waals surface area (Å²) < 4.78 is 0. The number of carbonyl (C=O) groups excluding carboxylic acids is 1. The Labute approximate surface area is 119 Å². The van der Waals surface area contributed by atoms with Crippen LogP contribution in [-0.2, 0) is 6.42 Å². The van der Waals surface area contributed by atoms with Crippen molar-refractivity contribution in [1.29, 1.82) is 0 Å². The van der Waals surface area contributed by atoms with Gasteiger partial charge in [-0.25, -0.2) is 0 Å². The van der Waals surface area contributed by atoms with E-state index in [0.717, 1.165) is 22.3 Å². The van der Waals surface area contributed by atoms with Gasteiger partial charge in [0.15, 0.2) is 5.78 Å². The zero-order chi connectivity index (χ0) is 14.0. The molecule has 0 N–H and O–H groups in total. The zero-order valence-electron chi connectivity index (χ0n) is 11.5. The average molecular weight is 273 g/mol. The van der Waals surface area contributed by atoms with Crippen LogP contribution in [0.25, 0.3) is 0 Å². The molecule has 0 radical (unpaired) electrons. The Balaban J connectivity index is 2.31. The molecule has 0 fully saturated rings. The summed E-state index contributed by atoms with van der Waals surface area (Å²) in [6.45, 7) is 6.03. The minimum atomic E-state index is 0.150.